The van der Waals surface area contributed by atoms with E-state index < -0.39 is 10.0 Å². The van der Waals surface area contributed by atoms with Crippen LogP contribution in [0.5, 0.6) is 0 Å². The van der Waals surface area contributed by atoms with Crippen LogP contribution >= 0.6 is 0 Å². The van der Waals surface area contributed by atoms with Crippen molar-refractivity contribution in [1.29, 1.82) is 0 Å². The standard InChI is InChI=1S/C29H35N3O3S/c1-4-32(36(34,35)27-21-23(2)15-16-24(27)3)22-28(33)30-17-19-31(20-18-30)29(25-11-7-5-8-12-25)26-13-9-6-10-14-26/h5-16,21,29H,4,17-20,22H2,1-3H3. The van der Waals surface area contributed by atoms with Gasteiger partial charge in [-0.2, -0.15) is 4.31 Å². The van der Waals surface area contributed by atoms with E-state index in [1.807, 2.05) is 31.2 Å². The van der Waals surface area contributed by atoms with Gasteiger partial charge in [0.1, 0.15) is 0 Å². The zero-order valence-electron chi connectivity index (χ0n) is 21.3. The smallest absolute Gasteiger partial charge is 0.243 e. The lowest BCUT2D eigenvalue weighted by Gasteiger charge is -2.40. The first kappa shape index (κ1) is 26.1. The molecule has 1 fully saturated rings. The summed E-state index contributed by atoms with van der Waals surface area (Å²) in [6, 6.07) is 26.4. The van der Waals surface area contributed by atoms with Gasteiger partial charge < -0.3 is 4.90 Å². The maximum Gasteiger partial charge on any atom is 0.243 e. The predicted octanol–water partition coefficient (Wildman–Crippen LogP) is 4.25. The zero-order chi connectivity index (χ0) is 25.7. The lowest BCUT2D eigenvalue weighted by Crippen LogP contribution is -2.52. The first-order valence-electron chi connectivity index (χ1n) is 12.5. The lowest BCUT2D eigenvalue weighted by atomic mass is 9.96. The maximum atomic E-state index is 13.4. The number of hydrogen-bond donors (Lipinski definition) is 0. The van der Waals surface area contributed by atoms with Crippen molar-refractivity contribution in [2.75, 3.05) is 39.3 Å². The number of carbonyl (C=O) groups is 1. The average molecular weight is 506 g/mol. The molecule has 1 aliphatic rings. The first-order chi connectivity index (χ1) is 17.3. The fourth-order valence-corrected chi connectivity index (χ4v) is 6.56. The summed E-state index contributed by atoms with van der Waals surface area (Å²) in [5.41, 5.74) is 4.01. The molecule has 0 atom stereocenters. The van der Waals surface area contributed by atoms with E-state index in [1.54, 1.807) is 24.8 Å². The van der Waals surface area contributed by atoms with Crippen LogP contribution < -0.4 is 0 Å². The molecule has 6 nitrogen and oxygen atoms in total. The van der Waals surface area contributed by atoms with Crippen LogP contribution in [0.1, 0.15) is 35.2 Å². The molecule has 3 aromatic carbocycles. The molecule has 1 heterocycles. The van der Waals surface area contributed by atoms with Gasteiger partial charge in [0.05, 0.1) is 17.5 Å². The Balaban J connectivity index is 1.45. The molecule has 0 aliphatic carbocycles. The molecular weight excluding hydrogens is 470 g/mol. The molecule has 0 saturated carbocycles. The van der Waals surface area contributed by atoms with Crippen molar-refractivity contribution in [3.63, 3.8) is 0 Å². The molecule has 1 saturated heterocycles. The Morgan fingerprint density at radius 1 is 0.861 bits per heavy atom. The second-order valence-electron chi connectivity index (χ2n) is 9.34. The monoisotopic (exact) mass is 505 g/mol. The molecule has 0 radical (unpaired) electrons. The highest BCUT2D eigenvalue weighted by molar-refractivity contribution is 7.89. The van der Waals surface area contributed by atoms with E-state index in [0.717, 1.165) is 18.7 Å². The van der Waals surface area contributed by atoms with Crippen molar-refractivity contribution in [3.8, 4) is 0 Å². The van der Waals surface area contributed by atoms with Crippen LogP contribution in [0.15, 0.2) is 83.8 Å². The Bertz CT molecular complexity index is 1230. The number of amides is 1. The van der Waals surface area contributed by atoms with Crippen LogP contribution in [0.4, 0.5) is 0 Å². The van der Waals surface area contributed by atoms with E-state index in [2.05, 4.69) is 53.4 Å². The van der Waals surface area contributed by atoms with Crippen LogP contribution in [0.2, 0.25) is 0 Å². The molecule has 36 heavy (non-hydrogen) atoms. The number of sulfonamides is 1. The van der Waals surface area contributed by atoms with Gasteiger partial charge in [0.25, 0.3) is 0 Å². The van der Waals surface area contributed by atoms with E-state index in [9.17, 15) is 13.2 Å². The number of rotatable bonds is 8. The number of aryl methyl sites for hydroxylation is 2. The van der Waals surface area contributed by atoms with Gasteiger partial charge in [-0.05, 0) is 42.2 Å². The van der Waals surface area contributed by atoms with Crippen molar-refractivity contribution < 1.29 is 13.2 Å². The van der Waals surface area contributed by atoms with Gasteiger partial charge in [0, 0.05) is 32.7 Å². The van der Waals surface area contributed by atoms with E-state index >= 15 is 0 Å². The number of hydrogen-bond acceptors (Lipinski definition) is 4. The number of likely N-dealkylation sites (N-methyl/N-ethyl adjacent to an activating group) is 1. The van der Waals surface area contributed by atoms with E-state index in [1.165, 1.54) is 15.4 Å². The summed E-state index contributed by atoms with van der Waals surface area (Å²) in [6.45, 7) is 8.10. The van der Waals surface area contributed by atoms with Crippen LogP contribution in [-0.4, -0.2) is 67.7 Å². The fraction of sp³-hybridized carbons (Fsp3) is 0.345. The topological polar surface area (TPSA) is 60.9 Å². The van der Waals surface area contributed by atoms with Crippen LogP contribution in [-0.2, 0) is 14.8 Å². The molecule has 0 bridgehead atoms. The summed E-state index contributed by atoms with van der Waals surface area (Å²) in [5.74, 6) is -0.152. The van der Waals surface area contributed by atoms with Crippen molar-refractivity contribution >= 4 is 15.9 Å². The third-order valence-corrected chi connectivity index (χ3v) is 8.95. The van der Waals surface area contributed by atoms with Crippen molar-refractivity contribution in [1.82, 2.24) is 14.1 Å². The lowest BCUT2D eigenvalue weighted by molar-refractivity contribution is -0.133. The zero-order valence-corrected chi connectivity index (χ0v) is 22.1. The fourth-order valence-electron chi connectivity index (χ4n) is 4.86. The molecule has 0 N–H and O–H groups in total. The van der Waals surface area contributed by atoms with Crippen LogP contribution in [0, 0.1) is 13.8 Å². The van der Waals surface area contributed by atoms with Gasteiger partial charge in [0.15, 0.2) is 0 Å². The Morgan fingerprint density at radius 3 is 1.94 bits per heavy atom. The second kappa shape index (κ2) is 11.4. The molecule has 3 aromatic rings. The third kappa shape index (κ3) is 5.69. The summed E-state index contributed by atoms with van der Waals surface area (Å²) in [5, 5.41) is 0. The molecule has 1 amide bonds. The van der Waals surface area contributed by atoms with Crippen molar-refractivity contribution in [3.05, 3.63) is 101 Å². The van der Waals surface area contributed by atoms with Gasteiger partial charge in [-0.25, -0.2) is 8.42 Å². The minimum Gasteiger partial charge on any atom is -0.339 e. The summed E-state index contributed by atoms with van der Waals surface area (Å²) >= 11 is 0. The van der Waals surface area contributed by atoms with Crippen molar-refractivity contribution in [2.45, 2.75) is 31.7 Å². The number of nitrogens with zero attached hydrogens (tertiary/aromatic N) is 3. The van der Waals surface area contributed by atoms with Gasteiger partial charge in [0.2, 0.25) is 15.9 Å². The Hall–Kier alpha value is -3.00. The van der Waals surface area contributed by atoms with E-state index in [0.29, 0.717) is 18.7 Å². The average Bonchev–Trinajstić information content (AvgIpc) is 2.90. The second-order valence-corrected chi connectivity index (χ2v) is 11.2. The SMILES string of the molecule is CCN(CC(=O)N1CCN(C(c2ccccc2)c2ccccc2)CC1)S(=O)(=O)c1cc(C)ccc1C. The number of benzene rings is 3. The Kier molecular flexibility index (Phi) is 8.24. The van der Waals surface area contributed by atoms with Crippen LogP contribution in [0.3, 0.4) is 0 Å². The summed E-state index contributed by atoms with van der Waals surface area (Å²) < 4.78 is 28.0. The molecule has 0 spiro atoms. The molecule has 4 rings (SSSR count). The van der Waals surface area contributed by atoms with Gasteiger partial charge in [-0.15, -0.1) is 0 Å². The first-order valence-corrected chi connectivity index (χ1v) is 13.9. The highest BCUT2D eigenvalue weighted by Gasteiger charge is 2.31. The largest absolute Gasteiger partial charge is 0.339 e. The molecule has 7 heteroatoms. The minimum absolute atomic E-state index is 0.112. The Morgan fingerprint density at radius 2 is 1.42 bits per heavy atom. The maximum absolute atomic E-state index is 13.4. The van der Waals surface area contributed by atoms with Gasteiger partial charge >= 0.3 is 0 Å². The van der Waals surface area contributed by atoms with E-state index in [-0.39, 0.29) is 29.9 Å². The van der Waals surface area contributed by atoms with Gasteiger partial charge in [-0.3, -0.25) is 9.69 Å². The minimum atomic E-state index is -3.76. The highest BCUT2D eigenvalue weighted by Crippen LogP contribution is 2.29. The number of piperazine rings is 1. The molecule has 0 aromatic heterocycles. The van der Waals surface area contributed by atoms with Crippen molar-refractivity contribution in [2.24, 2.45) is 0 Å². The summed E-state index contributed by atoms with van der Waals surface area (Å²) in [7, 11) is -3.76. The molecule has 0 unspecified atom stereocenters. The van der Waals surface area contributed by atoms with E-state index in [4.69, 9.17) is 0 Å². The molecule has 1 aliphatic heterocycles. The van der Waals surface area contributed by atoms with Gasteiger partial charge in [-0.1, -0.05) is 79.7 Å². The normalized spacial score (nSPS) is 15.0. The predicted molar refractivity (Wildman–Crippen MR) is 143 cm³/mol. The number of carbonyl (C=O) groups excluding carboxylic acids is 1. The summed E-state index contributed by atoms with van der Waals surface area (Å²) in [6.07, 6.45) is 0. The molecular formula is C29H35N3O3S. The highest BCUT2D eigenvalue weighted by atomic mass is 32.2. The Labute approximate surface area is 215 Å². The molecule has 190 valence electrons. The van der Waals surface area contributed by atoms with Crippen LogP contribution in [0.25, 0.3) is 0 Å². The summed E-state index contributed by atoms with van der Waals surface area (Å²) in [4.78, 5) is 17.7. The third-order valence-electron chi connectivity index (χ3n) is 6.89. The quantitative estimate of drug-likeness (QED) is 0.459.